The summed E-state index contributed by atoms with van der Waals surface area (Å²) in [4.78, 5) is 35.2. The average Bonchev–Trinajstić information content (AvgIpc) is 2.93. The Bertz CT molecular complexity index is 1050. The monoisotopic (exact) mass is 530 g/mol. The summed E-state index contributed by atoms with van der Waals surface area (Å²) in [5, 5.41) is 9.42. The Balaban J connectivity index is 1.59. The second-order valence-corrected chi connectivity index (χ2v) is 8.64. The van der Waals surface area contributed by atoms with Crippen LogP contribution in [0.15, 0.2) is 36.4 Å². The van der Waals surface area contributed by atoms with Crippen LogP contribution >= 0.6 is 0 Å². The molecule has 0 saturated carbocycles. The molecule has 0 saturated heterocycles. The lowest BCUT2D eigenvalue weighted by atomic mass is 10.1. The first-order valence-electron chi connectivity index (χ1n) is 12.7. The number of carbonyl (C=O) groups is 3. The van der Waals surface area contributed by atoms with E-state index in [1.807, 2.05) is 0 Å². The van der Waals surface area contributed by atoms with E-state index in [1.165, 1.54) is 6.07 Å². The van der Waals surface area contributed by atoms with Crippen LogP contribution in [0.2, 0.25) is 0 Å². The third-order valence-electron chi connectivity index (χ3n) is 5.75. The summed E-state index contributed by atoms with van der Waals surface area (Å²) in [5.41, 5.74) is 1.03. The van der Waals surface area contributed by atoms with Crippen LogP contribution in [0.5, 0.6) is 23.0 Å². The van der Waals surface area contributed by atoms with E-state index in [0.717, 1.165) is 38.5 Å². The molecule has 0 spiro atoms. The minimum atomic E-state index is -0.655. The zero-order valence-corrected chi connectivity index (χ0v) is 21.4. The Labute approximate surface area is 221 Å². The lowest BCUT2D eigenvalue weighted by Crippen LogP contribution is -2.15. The number of fused-ring (bicyclic) bond motifs is 2. The standard InChI is InChI=1S/C28H34O10/c29-17-21-7-9-23-25(15-21)35-19-37-27(31)11-12-28(32)38-20-36-26-16-22(18-30)8-10-24(26)34-14-6-4-2-1-3-5-13-33-23/h7-10,15-17,30H,1-6,11-14,18-20H2. The first-order valence-corrected chi connectivity index (χ1v) is 12.7. The lowest BCUT2D eigenvalue weighted by Gasteiger charge is -2.15. The molecule has 0 amide bonds. The second-order valence-electron chi connectivity index (χ2n) is 8.64. The lowest BCUT2D eigenvalue weighted by molar-refractivity contribution is -0.157. The minimum absolute atomic E-state index is 0.170. The molecular weight excluding hydrogens is 496 g/mol. The van der Waals surface area contributed by atoms with E-state index >= 15 is 0 Å². The van der Waals surface area contributed by atoms with Crippen molar-refractivity contribution in [2.24, 2.45) is 0 Å². The predicted octanol–water partition coefficient (Wildman–Crippen LogP) is 4.34. The molecule has 1 aliphatic rings. The normalized spacial score (nSPS) is 16.9. The van der Waals surface area contributed by atoms with E-state index in [-0.39, 0.29) is 32.0 Å². The summed E-state index contributed by atoms with van der Waals surface area (Å²) in [6.07, 6.45) is 6.10. The van der Waals surface area contributed by atoms with Gasteiger partial charge >= 0.3 is 11.9 Å². The van der Waals surface area contributed by atoms with Gasteiger partial charge in [-0.2, -0.15) is 0 Å². The van der Waals surface area contributed by atoms with Crippen LogP contribution in [0.3, 0.4) is 0 Å². The number of cyclic esters (lactones) is 2. The van der Waals surface area contributed by atoms with Gasteiger partial charge in [0.1, 0.15) is 6.29 Å². The van der Waals surface area contributed by atoms with Gasteiger partial charge < -0.3 is 33.5 Å². The quantitative estimate of drug-likeness (QED) is 0.442. The summed E-state index contributed by atoms with van der Waals surface area (Å²) < 4.78 is 32.9. The van der Waals surface area contributed by atoms with Crippen LogP contribution in [0.25, 0.3) is 0 Å². The third kappa shape index (κ3) is 9.93. The number of rotatable bonds is 2. The van der Waals surface area contributed by atoms with Gasteiger partial charge in [0, 0.05) is 5.56 Å². The molecule has 38 heavy (non-hydrogen) atoms. The van der Waals surface area contributed by atoms with Crippen molar-refractivity contribution in [3.63, 3.8) is 0 Å². The number of ether oxygens (including phenoxy) is 6. The highest BCUT2D eigenvalue weighted by Gasteiger charge is 2.13. The molecule has 3 rings (SSSR count). The zero-order chi connectivity index (χ0) is 27.0. The summed E-state index contributed by atoms with van der Waals surface area (Å²) in [6.45, 7) is 0.0304. The molecule has 0 aromatic heterocycles. The van der Waals surface area contributed by atoms with Crippen molar-refractivity contribution >= 4 is 18.2 Å². The van der Waals surface area contributed by atoms with E-state index in [2.05, 4.69) is 0 Å². The highest BCUT2D eigenvalue weighted by Crippen LogP contribution is 2.30. The molecule has 0 atom stereocenters. The SMILES string of the molecule is O=Cc1ccc2c(c1)OCOC(=O)CCC(=O)OCOc1cc(CO)ccc1OCCCCCCCCO2. The molecule has 0 unspecified atom stereocenters. The maximum absolute atomic E-state index is 12.0. The maximum Gasteiger partial charge on any atom is 0.309 e. The molecule has 0 fully saturated rings. The number of carbonyl (C=O) groups excluding carboxylic acids is 3. The van der Waals surface area contributed by atoms with Crippen molar-refractivity contribution in [2.45, 2.75) is 58.0 Å². The highest BCUT2D eigenvalue weighted by atomic mass is 16.7. The molecule has 10 nitrogen and oxygen atoms in total. The fourth-order valence-electron chi connectivity index (χ4n) is 3.65. The van der Waals surface area contributed by atoms with E-state index in [9.17, 15) is 19.5 Å². The number of hydrogen-bond donors (Lipinski definition) is 1. The molecule has 2 aromatic carbocycles. The number of aldehydes is 1. The Morgan fingerprint density at radius 1 is 0.632 bits per heavy atom. The van der Waals surface area contributed by atoms with Crippen LogP contribution in [0.4, 0.5) is 0 Å². The smallest absolute Gasteiger partial charge is 0.309 e. The van der Waals surface area contributed by atoms with Crippen molar-refractivity contribution in [3.05, 3.63) is 47.5 Å². The number of hydrogen-bond acceptors (Lipinski definition) is 10. The Morgan fingerprint density at radius 3 is 1.71 bits per heavy atom. The van der Waals surface area contributed by atoms with Crippen molar-refractivity contribution in [1.82, 2.24) is 0 Å². The van der Waals surface area contributed by atoms with E-state index in [4.69, 9.17) is 28.4 Å². The number of esters is 2. The highest BCUT2D eigenvalue weighted by molar-refractivity contribution is 5.77. The van der Waals surface area contributed by atoms with Gasteiger partial charge in [-0.05, 0) is 48.7 Å². The average molecular weight is 531 g/mol. The van der Waals surface area contributed by atoms with Crippen molar-refractivity contribution in [1.29, 1.82) is 0 Å². The molecule has 0 aliphatic carbocycles. The largest absolute Gasteiger partial charge is 0.490 e. The number of aliphatic hydroxyl groups is 1. The molecule has 206 valence electrons. The van der Waals surface area contributed by atoms with Crippen molar-refractivity contribution < 1.29 is 47.9 Å². The molecule has 1 aliphatic heterocycles. The third-order valence-corrected chi connectivity index (χ3v) is 5.75. The van der Waals surface area contributed by atoms with E-state index < -0.39 is 18.7 Å². The summed E-state index contributed by atoms with van der Waals surface area (Å²) >= 11 is 0. The Hall–Kier alpha value is -3.79. The van der Waals surface area contributed by atoms with Gasteiger partial charge in [-0.15, -0.1) is 0 Å². The van der Waals surface area contributed by atoms with E-state index in [0.29, 0.717) is 47.9 Å². The van der Waals surface area contributed by atoms with Crippen LogP contribution < -0.4 is 18.9 Å². The van der Waals surface area contributed by atoms with Crippen LogP contribution in [0.1, 0.15) is 67.3 Å². The van der Waals surface area contributed by atoms with Crippen molar-refractivity contribution in [2.75, 3.05) is 26.8 Å². The topological polar surface area (TPSA) is 127 Å². The number of aliphatic hydroxyl groups excluding tert-OH is 1. The minimum Gasteiger partial charge on any atom is -0.490 e. The van der Waals surface area contributed by atoms with Gasteiger partial charge in [-0.25, -0.2) is 0 Å². The van der Waals surface area contributed by atoms with Crippen LogP contribution in [-0.2, 0) is 25.7 Å². The fraction of sp³-hybridized carbons (Fsp3) is 0.464. The summed E-state index contributed by atoms with van der Waals surface area (Å²) in [5.74, 6) is 0.291. The molecule has 10 heteroatoms. The molecule has 1 N–H and O–H groups in total. The van der Waals surface area contributed by atoms with Gasteiger partial charge in [0.05, 0.1) is 32.7 Å². The van der Waals surface area contributed by atoms with Gasteiger partial charge in [-0.3, -0.25) is 14.4 Å². The first-order chi connectivity index (χ1) is 18.6. The van der Waals surface area contributed by atoms with Crippen LogP contribution in [-0.4, -0.2) is 50.1 Å². The molecule has 0 bridgehead atoms. The maximum atomic E-state index is 12.0. The second kappa shape index (κ2) is 16.1. The van der Waals surface area contributed by atoms with Gasteiger partial charge in [0.25, 0.3) is 0 Å². The van der Waals surface area contributed by atoms with E-state index in [1.54, 1.807) is 30.3 Å². The van der Waals surface area contributed by atoms with Gasteiger partial charge in [-0.1, -0.05) is 31.7 Å². The Kier molecular flexibility index (Phi) is 12.2. The molecule has 1 heterocycles. The van der Waals surface area contributed by atoms with Gasteiger partial charge in [0.15, 0.2) is 23.0 Å². The Morgan fingerprint density at radius 2 is 1.16 bits per heavy atom. The predicted molar refractivity (Wildman–Crippen MR) is 135 cm³/mol. The summed E-state index contributed by atoms with van der Waals surface area (Å²) in [6, 6.07) is 9.86. The fourth-order valence-corrected chi connectivity index (χ4v) is 3.65. The van der Waals surface area contributed by atoms with Crippen molar-refractivity contribution in [3.8, 4) is 23.0 Å². The van der Waals surface area contributed by atoms with Crippen LogP contribution in [0, 0.1) is 0 Å². The zero-order valence-electron chi connectivity index (χ0n) is 21.4. The number of benzene rings is 2. The summed E-state index contributed by atoms with van der Waals surface area (Å²) in [7, 11) is 0. The molecule has 2 aromatic rings. The molecular formula is C28H34O10. The first kappa shape index (κ1) is 28.8. The van der Waals surface area contributed by atoms with Gasteiger partial charge in [0.2, 0.25) is 13.6 Å². The molecule has 0 radical (unpaired) electrons.